The lowest BCUT2D eigenvalue weighted by molar-refractivity contribution is 0.716. The SMILES string of the molecule is CCCCCc1cnc2nccnc2c1. The molecule has 0 unspecified atom stereocenters. The highest BCUT2D eigenvalue weighted by atomic mass is 14.9. The molecule has 0 aliphatic heterocycles. The van der Waals surface area contributed by atoms with Crippen LogP contribution in [0.3, 0.4) is 0 Å². The molecule has 15 heavy (non-hydrogen) atoms. The molecule has 0 fully saturated rings. The van der Waals surface area contributed by atoms with Crippen LogP contribution in [0.1, 0.15) is 31.7 Å². The summed E-state index contributed by atoms with van der Waals surface area (Å²) in [6.07, 6.45) is 10.1. The molecule has 3 nitrogen and oxygen atoms in total. The third-order valence-electron chi connectivity index (χ3n) is 2.45. The Kier molecular flexibility index (Phi) is 3.22. The maximum atomic E-state index is 4.29. The van der Waals surface area contributed by atoms with Gasteiger partial charge in [-0.2, -0.15) is 0 Å². The molecule has 3 heteroatoms. The monoisotopic (exact) mass is 201 g/mol. The van der Waals surface area contributed by atoms with Gasteiger partial charge in [0.25, 0.3) is 0 Å². The van der Waals surface area contributed by atoms with Crippen molar-refractivity contribution in [2.45, 2.75) is 32.6 Å². The highest BCUT2D eigenvalue weighted by Gasteiger charge is 1.98. The van der Waals surface area contributed by atoms with Gasteiger partial charge in [0.1, 0.15) is 5.52 Å². The first-order valence-corrected chi connectivity index (χ1v) is 5.46. The van der Waals surface area contributed by atoms with Gasteiger partial charge in [0.05, 0.1) is 0 Å². The van der Waals surface area contributed by atoms with Gasteiger partial charge in [-0.3, -0.25) is 4.98 Å². The van der Waals surface area contributed by atoms with Crippen LogP contribution in [0.2, 0.25) is 0 Å². The normalized spacial score (nSPS) is 10.7. The second kappa shape index (κ2) is 4.82. The second-order valence-corrected chi connectivity index (χ2v) is 3.70. The zero-order chi connectivity index (χ0) is 10.5. The van der Waals surface area contributed by atoms with Gasteiger partial charge >= 0.3 is 0 Å². The predicted molar refractivity (Wildman–Crippen MR) is 60.6 cm³/mol. The van der Waals surface area contributed by atoms with Crippen molar-refractivity contribution in [2.24, 2.45) is 0 Å². The molecule has 0 aliphatic rings. The first-order valence-electron chi connectivity index (χ1n) is 5.46. The molecule has 0 bridgehead atoms. The summed E-state index contributed by atoms with van der Waals surface area (Å²) in [7, 11) is 0. The lowest BCUT2D eigenvalue weighted by Crippen LogP contribution is -1.91. The molecule has 2 rings (SSSR count). The first kappa shape index (κ1) is 10.0. The fraction of sp³-hybridized carbons (Fsp3) is 0.417. The fourth-order valence-corrected chi connectivity index (χ4v) is 1.62. The third-order valence-corrected chi connectivity index (χ3v) is 2.45. The molecular formula is C12H15N3. The lowest BCUT2D eigenvalue weighted by atomic mass is 10.1. The minimum absolute atomic E-state index is 0.733. The zero-order valence-corrected chi connectivity index (χ0v) is 8.98. The first-order chi connectivity index (χ1) is 7.40. The minimum atomic E-state index is 0.733. The van der Waals surface area contributed by atoms with E-state index in [0.717, 1.165) is 17.6 Å². The van der Waals surface area contributed by atoms with E-state index >= 15 is 0 Å². The van der Waals surface area contributed by atoms with Crippen LogP contribution in [-0.4, -0.2) is 15.0 Å². The summed E-state index contributed by atoms with van der Waals surface area (Å²) in [5, 5.41) is 0. The van der Waals surface area contributed by atoms with Crippen molar-refractivity contribution in [3.05, 3.63) is 30.2 Å². The Morgan fingerprint density at radius 1 is 1.07 bits per heavy atom. The number of aromatic nitrogens is 3. The molecule has 0 saturated carbocycles. The highest BCUT2D eigenvalue weighted by Crippen LogP contribution is 2.10. The van der Waals surface area contributed by atoms with E-state index in [-0.39, 0.29) is 0 Å². The van der Waals surface area contributed by atoms with Crippen molar-refractivity contribution in [3.8, 4) is 0 Å². The summed E-state index contributed by atoms with van der Waals surface area (Å²) in [5.41, 5.74) is 2.89. The van der Waals surface area contributed by atoms with E-state index in [9.17, 15) is 0 Å². The zero-order valence-electron chi connectivity index (χ0n) is 8.98. The Morgan fingerprint density at radius 2 is 1.93 bits per heavy atom. The van der Waals surface area contributed by atoms with E-state index in [1.807, 2.05) is 6.20 Å². The van der Waals surface area contributed by atoms with Crippen LogP contribution in [0, 0.1) is 0 Å². The van der Waals surface area contributed by atoms with E-state index in [1.54, 1.807) is 12.4 Å². The van der Waals surface area contributed by atoms with Crippen molar-refractivity contribution in [2.75, 3.05) is 0 Å². The molecule has 2 heterocycles. The van der Waals surface area contributed by atoms with Gasteiger partial charge in [0, 0.05) is 18.6 Å². The number of pyridine rings is 1. The molecule has 0 atom stereocenters. The third kappa shape index (κ3) is 2.49. The van der Waals surface area contributed by atoms with Gasteiger partial charge in [-0.05, 0) is 24.5 Å². The Morgan fingerprint density at radius 3 is 2.80 bits per heavy atom. The summed E-state index contributed by atoms with van der Waals surface area (Å²) >= 11 is 0. The van der Waals surface area contributed by atoms with Crippen LogP contribution in [0.25, 0.3) is 11.2 Å². The van der Waals surface area contributed by atoms with Crippen LogP contribution >= 0.6 is 0 Å². The van der Waals surface area contributed by atoms with Crippen LogP contribution in [0.4, 0.5) is 0 Å². The van der Waals surface area contributed by atoms with Gasteiger partial charge in [-0.25, -0.2) is 9.97 Å². The molecule has 2 aromatic rings. The minimum Gasteiger partial charge on any atom is -0.251 e. The smallest absolute Gasteiger partial charge is 0.178 e. The van der Waals surface area contributed by atoms with Crippen LogP contribution in [0.5, 0.6) is 0 Å². The highest BCUT2D eigenvalue weighted by molar-refractivity contribution is 5.69. The molecule has 0 saturated heterocycles. The Bertz CT molecular complexity index is 440. The standard InChI is InChI=1S/C12H15N3/c1-2-3-4-5-10-8-11-12(15-9-10)14-7-6-13-11/h6-9H,2-5H2,1H3. The maximum Gasteiger partial charge on any atom is 0.178 e. The number of nitrogens with zero attached hydrogens (tertiary/aromatic N) is 3. The number of rotatable bonds is 4. The molecule has 0 spiro atoms. The number of aryl methyl sites for hydroxylation is 1. The Balaban J connectivity index is 2.16. The van der Waals surface area contributed by atoms with Crippen LogP contribution in [0.15, 0.2) is 24.7 Å². The van der Waals surface area contributed by atoms with Crippen molar-refractivity contribution in [3.63, 3.8) is 0 Å². The predicted octanol–water partition coefficient (Wildman–Crippen LogP) is 2.76. The average molecular weight is 201 g/mol. The van der Waals surface area contributed by atoms with Crippen molar-refractivity contribution in [1.82, 2.24) is 15.0 Å². The largest absolute Gasteiger partial charge is 0.251 e. The van der Waals surface area contributed by atoms with Gasteiger partial charge in [0.2, 0.25) is 0 Å². The average Bonchev–Trinajstić information content (AvgIpc) is 2.29. The molecule has 0 aromatic carbocycles. The molecule has 0 amide bonds. The van der Waals surface area contributed by atoms with E-state index < -0.39 is 0 Å². The van der Waals surface area contributed by atoms with E-state index in [0.29, 0.717) is 0 Å². The van der Waals surface area contributed by atoms with Gasteiger partial charge in [-0.1, -0.05) is 19.8 Å². The molecule has 78 valence electrons. The number of hydrogen-bond donors (Lipinski definition) is 0. The quantitative estimate of drug-likeness (QED) is 0.714. The molecule has 0 N–H and O–H groups in total. The number of fused-ring (bicyclic) bond motifs is 1. The lowest BCUT2D eigenvalue weighted by Gasteiger charge is -2.01. The number of hydrogen-bond acceptors (Lipinski definition) is 3. The van der Waals surface area contributed by atoms with E-state index in [1.165, 1.54) is 24.8 Å². The topological polar surface area (TPSA) is 38.7 Å². The summed E-state index contributed by atoms with van der Waals surface area (Å²) in [4.78, 5) is 12.7. The summed E-state index contributed by atoms with van der Waals surface area (Å²) in [6, 6.07) is 2.09. The summed E-state index contributed by atoms with van der Waals surface area (Å²) < 4.78 is 0. The molecule has 2 aromatic heterocycles. The molecule has 0 radical (unpaired) electrons. The van der Waals surface area contributed by atoms with Crippen molar-refractivity contribution < 1.29 is 0 Å². The molecular weight excluding hydrogens is 186 g/mol. The van der Waals surface area contributed by atoms with E-state index in [2.05, 4.69) is 27.9 Å². The fourth-order valence-electron chi connectivity index (χ4n) is 1.62. The van der Waals surface area contributed by atoms with Crippen molar-refractivity contribution in [1.29, 1.82) is 0 Å². The van der Waals surface area contributed by atoms with Gasteiger partial charge in [-0.15, -0.1) is 0 Å². The van der Waals surface area contributed by atoms with Gasteiger partial charge in [0.15, 0.2) is 5.65 Å². The van der Waals surface area contributed by atoms with E-state index in [4.69, 9.17) is 0 Å². The molecule has 0 aliphatic carbocycles. The Hall–Kier alpha value is -1.51. The van der Waals surface area contributed by atoms with Crippen LogP contribution in [-0.2, 0) is 6.42 Å². The second-order valence-electron chi connectivity index (χ2n) is 3.70. The van der Waals surface area contributed by atoms with Crippen molar-refractivity contribution >= 4 is 11.2 Å². The van der Waals surface area contributed by atoms with Gasteiger partial charge < -0.3 is 0 Å². The number of unbranched alkanes of at least 4 members (excludes halogenated alkanes) is 2. The summed E-state index contributed by atoms with van der Waals surface area (Å²) in [5.74, 6) is 0. The Labute approximate surface area is 89.6 Å². The maximum absolute atomic E-state index is 4.29. The van der Waals surface area contributed by atoms with Crippen LogP contribution < -0.4 is 0 Å². The summed E-state index contributed by atoms with van der Waals surface area (Å²) in [6.45, 7) is 2.21.